The summed E-state index contributed by atoms with van der Waals surface area (Å²) in [6.45, 7) is 6.44. The van der Waals surface area contributed by atoms with Crippen LogP contribution >= 0.6 is 0 Å². The first-order valence-electron chi connectivity index (χ1n) is 2.91. The van der Waals surface area contributed by atoms with E-state index < -0.39 is 0 Å². The van der Waals surface area contributed by atoms with Crippen LogP contribution in [0.2, 0.25) is 0 Å². The topological polar surface area (TPSA) is 0 Å². The zero-order valence-electron chi connectivity index (χ0n) is 5.65. The molecule has 1 aliphatic rings. The van der Waals surface area contributed by atoms with E-state index in [0.717, 1.165) is 0 Å². The molecule has 0 spiro atoms. The molecule has 0 aromatic carbocycles. The van der Waals surface area contributed by atoms with E-state index in [4.69, 9.17) is 0 Å². The van der Waals surface area contributed by atoms with Crippen LogP contribution in [-0.4, -0.2) is 0 Å². The predicted molar refractivity (Wildman–Crippen MR) is 36.4 cm³/mol. The summed E-state index contributed by atoms with van der Waals surface area (Å²) in [5.41, 5.74) is 4.25. The number of hydrogen-bond acceptors (Lipinski definition) is 0. The summed E-state index contributed by atoms with van der Waals surface area (Å²) in [6, 6.07) is 0. The van der Waals surface area contributed by atoms with Crippen LogP contribution in [0.5, 0.6) is 0 Å². The summed E-state index contributed by atoms with van der Waals surface area (Å²) in [7, 11) is 0. The molecule has 0 fully saturated rings. The van der Waals surface area contributed by atoms with Crippen LogP contribution in [-0.2, 0) is 0 Å². The number of hydrogen-bond donors (Lipinski definition) is 0. The van der Waals surface area contributed by atoms with Gasteiger partial charge in [0.25, 0.3) is 0 Å². The summed E-state index contributed by atoms with van der Waals surface area (Å²) in [5, 5.41) is 0. The minimum Gasteiger partial charge on any atom is -0.0732 e. The standard InChI is InChI=1S/C8H11/c1-6-4-5-7(2)8(6)3/h4-5H,1-3H3. The van der Waals surface area contributed by atoms with E-state index >= 15 is 0 Å². The van der Waals surface area contributed by atoms with Gasteiger partial charge in [0.05, 0.1) is 0 Å². The highest BCUT2D eigenvalue weighted by molar-refractivity contribution is 5.45. The summed E-state index contributed by atoms with van der Waals surface area (Å²) < 4.78 is 0. The first-order valence-corrected chi connectivity index (χ1v) is 2.91. The molecule has 1 rings (SSSR count). The van der Waals surface area contributed by atoms with E-state index in [1.54, 1.807) is 0 Å². The summed E-state index contributed by atoms with van der Waals surface area (Å²) in [6.07, 6.45) is 4.31. The molecule has 0 unspecified atom stereocenters. The van der Waals surface area contributed by atoms with Crippen molar-refractivity contribution in [2.24, 2.45) is 0 Å². The van der Waals surface area contributed by atoms with Gasteiger partial charge in [0.15, 0.2) is 0 Å². The van der Waals surface area contributed by atoms with Gasteiger partial charge < -0.3 is 0 Å². The minimum absolute atomic E-state index is 1.41. The van der Waals surface area contributed by atoms with Gasteiger partial charge in [-0.15, -0.1) is 0 Å². The monoisotopic (exact) mass is 107 g/mol. The summed E-state index contributed by atoms with van der Waals surface area (Å²) in [4.78, 5) is 0. The van der Waals surface area contributed by atoms with Crippen molar-refractivity contribution in [3.8, 4) is 0 Å². The second-order valence-corrected chi connectivity index (χ2v) is 2.32. The lowest BCUT2D eigenvalue weighted by Crippen LogP contribution is -1.73. The van der Waals surface area contributed by atoms with Gasteiger partial charge in [-0.05, 0) is 26.3 Å². The average Bonchev–Trinajstić information content (AvgIpc) is 1.98. The first-order chi connectivity index (χ1) is 3.72. The van der Waals surface area contributed by atoms with Crippen molar-refractivity contribution < 1.29 is 0 Å². The van der Waals surface area contributed by atoms with Crippen LogP contribution < -0.4 is 0 Å². The molecule has 0 heterocycles. The minimum atomic E-state index is 1.41. The molecular weight excluding hydrogens is 96.1 g/mol. The molecule has 0 atom stereocenters. The second kappa shape index (κ2) is 1.77. The highest BCUT2D eigenvalue weighted by atomic mass is 14.1. The molecule has 0 aliphatic heterocycles. The summed E-state index contributed by atoms with van der Waals surface area (Å²) in [5.74, 6) is 0. The van der Waals surface area contributed by atoms with Gasteiger partial charge >= 0.3 is 0 Å². The van der Waals surface area contributed by atoms with Crippen molar-refractivity contribution in [3.63, 3.8) is 0 Å². The van der Waals surface area contributed by atoms with Gasteiger partial charge in [0.1, 0.15) is 0 Å². The molecule has 0 aromatic heterocycles. The quantitative estimate of drug-likeness (QED) is 0.446. The fraction of sp³-hybridized carbons (Fsp3) is 0.375. The third-order valence-electron chi connectivity index (χ3n) is 1.77. The Labute approximate surface area is 50.9 Å². The molecule has 0 bridgehead atoms. The van der Waals surface area contributed by atoms with Gasteiger partial charge in [0, 0.05) is 6.42 Å². The van der Waals surface area contributed by atoms with E-state index in [2.05, 4.69) is 33.3 Å². The highest BCUT2D eigenvalue weighted by Gasteiger charge is 2.04. The molecule has 0 N–H and O–H groups in total. The van der Waals surface area contributed by atoms with Gasteiger partial charge in [-0.2, -0.15) is 0 Å². The van der Waals surface area contributed by atoms with Crippen LogP contribution in [0, 0.1) is 6.42 Å². The van der Waals surface area contributed by atoms with Crippen molar-refractivity contribution in [1.29, 1.82) is 0 Å². The average molecular weight is 107 g/mol. The van der Waals surface area contributed by atoms with Crippen molar-refractivity contribution in [2.75, 3.05) is 0 Å². The Balaban J connectivity index is 2.88. The molecule has 0 heteroatoms. The van der Waals surface area contributed by atoms with E-state index in [-0.39, 0.29) is 0 Å². The summed E-state index contributed by atoms with van der Waals surface area (Å²) >= 11 is 0. The van der Waals surface area contributed by atoms with E-state index in [9.17, 15) is 0 Å². The smallest absolute Gasteiger partial charge is 0.00862 e. The van der Waals surface area contributed by atoms with Crippen LogP contribution in [0.3, 0.4) is 0 Å². The normalized spacial score (nSPS) is 19.6. The molecule has 1 radical (unpaired) electrons. The van der Waals surface area contributed by atoms with Crippen molar-refractivity contribution in [3.05, 3.63) is 29.2 Å². The van der Waals surface area contributed by atoms with Crippen LogP contribution in [0.4, 0.5) is 0 Å². The van der Waals surface area contributed by atoms with Gasteiger partial charge in [-0.25, -0.2) is 0 Å². The zero-order valence-corrected chi connectivity index (χ0v) is 5.65. The van der Waals surface area contributed by atoms with Crippen LogP contribution in [0.15, 0.2) is 22.8 Å². The van der Waals surface area contributed by atoms with Gasteiger partial charge in [-0.1, -0.05) is 17.2 Å². The van der Waals surface area contributed by atoms with Crippen LogP contribution in [0.1, 0.15) is 20.8 Å². The molecule has 8 heavy (non-hydrogen) atoms. The molecule has 0 saturated heterocycles. The third-order valence-corrected chi connectivity index (χ3v) is 1.77. The lowest BCUT2D eigenvalue weighted by atomic mass is 10.1. The maximum atomic E-state index is 2.16. The number of rotatable bonds is 0. The third kappa shape index (κ3) is 0.706. The Morgan fingerprint density at radius 1 is 1.12 bits per heavy atom. The van der Waals surface area contributed by atoms with Crippen molar-refractivity contribution in [2.45, 2.75) is 20.8 Å². The van der Waals surface area contributed by atoms with Crippen LogP contribution in [0.25, 0.3) is 0 Å². The predicted octanol–water partition coefficient (Wildman–Crippen LogP) is 2.49. The molecule has 0 saturated carbocycles. The molecule has 0 nitrogen and oxygen atoms in total. The number of allylic oxidation sites excluding steroid dienone is 4. The molecule has 43 valence electrons. The maximum Gasteiger partial charge on any atom is 0.00862 e. The first kappa shape index (κ1) is 5.61. The van der Waals surface area contributed by atoms with E-state index in [1.165, 1.54) is 16.7 Å². The Hall–Kier alpha value is -0.520. The highest BCUT2D eigenvalue weighted by Crippen LogP contribution is 2.23. The zero-order chi connectivity index (χ0) is 6.15. The maximum absolute atomic E-state index is 2.16. The van der Waals surface area contributed by atoms with Gasteiger partial charge in [0.2, 0.25) is 0 Å². The molecule has 0 aromatic rings. The van der Waals surface area contributed by atoms with E-state index in [1.807, 2.05) is 0 Å². The molecular formula is C8H11. The fourth-order valence-corrected chi connectivity index (χ4v) is 0.811. The SMILES string of the molecule is CC1=C[CH]C(C)=C1C. The Morgan fingerprint density at radius 3 is 1.88 bits per heavy atom. The lowest BCUT2D eigenvalue weighted by molar-refractivity contribution is 1.32. The molecule has 1 aliphatic carbocycles. The van der Waals surface area contributed by atoms with E-state index in [0.29, 0.717) is 0 Å². The molecule has 0 amide bonds. The fourth-order valence-electron chi connectivity index (χ4n) is 0.811. The van der Waals surface area contributed by atoms with Crippen molar-refractivity contribution >= 4 is 0 Å². The Morgan fingerprint density at radius 2 is 1.75 bits per heavy atom. The second-order valence-electron chi connectivity index (χ2n) is 2.32. The Kier molecular flexibility index (Phi) is 1.24. The van der Waals surface area contributed by atoms with Crippen molar-refractivity contribution in [1.82, 2.24) is 0 Å². The lowest BCUT2D eigenvalue weighted by Gasteiger charge is -1.93. The van der Waals surface area contributed by atoms with Gasteiger partial charge in [-0.3, -0.25) is 0 Å². The largest absolute Gasteiger partial charge is 0.0732 e. The Bertz CT molecular complexity index is 153.